The molecule has 2 fully saturated rings. The van der Waals surface area contributed by atoms with Crippen LogP contribution in [0.4, 0.5) is 0 Å². The average molecular weight is 598 g/mol. The molecular weight excluding hydrogens is 558 g/mol. The molecule has 4 N–H and O–H groups in total. The Balaban J connectivity index is 1.75. The van der Waals surface area contributed by atoms with Crippen molar-refractivity contribution in [2.75, 3.05) is 19.3 Å². The Bertz CT molecular complexity index is 1280. The van der Waals surface area contributed by atoms with Crippen LogP contribution in [0.15, 0.2) is 0 Å². The van der Waals surface area contributed by atoms with E-state index in [2.05, 4.69) is 31.3 Å². The van der Waals surface area contributed by atoms with Crippen LogP contribution >= 0.6 is 0 Å². The number of H-pyrrole nitrogens is 1. The molecule has 2 aliphatic carbocycles. The number of aliphatic carboxylic acids is 1. The number of aromatic amines is 1. The number of amides is 2. The van der Waals surface area contributed by atoms with Crippen molar-refractivity contribution in [2.24, 2.45) is 23.2 Å². The number of hydrogen-bond donors (Lipinski definition) is 4. The van der Waals surface area contributed by atoms with Gasteiger partial charge < -0.3 is 15.7 Å². The summed E-state index contributed by atoms with van der Waals surface area (Å²) in [6, 6.07) is -1.57. The van der Waals surface area contributed by atoms with Crippen molar-refractivity contribution in [2.45, 2.75) is 77.8 Å². The molecule has 41 heavy (non-hydrogen) atoms. The van der Waals surface area contributed by atoms with E-state index in [1.165, 1.54) is 0 Å². The van der Waals surface area contributed by atoms with Crippen molar-refractivity contribution < 1.29 is 37.5 Å². The Hall–Kier alpha value is -3.27. The second kappa shape index (κ2) is 12.3. The SMILES string of the molecule is CC(C)C(CC(=O)NCCc1nn[nH]n1)C(=O)NC(CC(=O)O)C(=O)CN(C12CCC(CC1=O)C2(C)C)S(C)(=O)=O. The Morgan fingerprint density at radius 1 is 1.20 bits per heavy atom. The first-order valence-electron chi connectivity index (χ1n) is 13.6. The van der Waals surface area contributed by atoms with Crippen molar-refractivity contribution in [3.8, 4) is 0 Å². The molecule has 2 aliphatic rings. The Kier molecular flexibility index (Phi) is 9.68. The molecule has 3 rings (SSSR count). The molecule has 16 heteroatoms. The lowest BCUT2D eigenvalue weighted by Crippen LogP contribution is -2.62. The van der Waals surface area contributed by atoms with Crippen LogP contribution in [0.2, 0.25) is 0 Å². The van der Waals surface area contributed by atoms with Gasteiger partial charge in [0.25, 0.3) is 0 Å². The zero-order valence-electron chi connectivity index (χ0n) is 24.0. The van der Waals surface area contributed by atoms with Crippen molar-refractivity contribution in [3.63, 3.8) is 0 Å². The molecule has 1 aromatic rings. The molecule has 15 nitrogen and oxygen atoms in total. The number of carbonyl (C=O) groups is 5. The fourth-order valence-corrected chi connectivity index (χ4v) is 7.58. The van der Waals surface area contributed by atoms with Crippen molar-refractivity contribution in [1.82, 2.24) is 35.6 Å². The van der Waals surface area contributed by atoms with Crippen LogP contribution in [0, 0.1) is 23.2 Å². The summed E-state index contributed by atoms with van der Waals surface area (Å²) in [6.45, 7) is 6.48. The summed E-state index contributed by atoms with van der Waals surface area (Å²) in [5.41, 5.74) is -2.14. The van der Waals surface area contributed by atoms with Gasteiger partial charge in [0.1, 0.15) is 0 Å². The number of tetrazole rings is 1. The summed E-state index contributed by atoms with van der Waals surface area (Å²) in [5, 5.41) is 27.9. The highest BCUT2D eigenvalue weighted by Crippen LogP contribution is 2.61. The van der Waals surface area contributed by atoms with E-state index in [1.54, 1.807) is 13.8 Å². The van der Waals surface area contributed by atoms with Crippen LogP contribution in [-0.4, -0.2) is 98.7 Å². The van der Waals surface area contributed by atoms with E-state index < -0.39 is 69.5 Å². The van der Waals surface area contributed by atoms with Gasteiger partial charge >= 0.3 is 5.97 Å². The number of carboxylic acid groups (broad SMARTS) is 1. The van der Waals surface area contributed by atoms with Crippen LogP contribution < -0.4 is 10.6 Å². The summed E-state index contributed by atoms with van der Waals surface area (Å²) >= 11 is 0. The molecule has 0 aromatic carbocycles. The third-order valence-corrected chi connectivity index (χ3v) is 9.89. The number of sulfonamides is 1. The van der Waals surface area contributed by atoms with Crippen molar-refractivity contribution >= 4 is 39.4 Å². The van der Waals surface area contributed by atoms with Gasteiger partial charge in [0, 0.05) is 31.7 Å². The highest BCUT2D eigenvalue weighted by Gasteiger charge is 2.68. The van der Waals surface area contributed by atoms with Gasteiger partial charge in [-0.05, 0) is 30.1 Å². The van der Waals surface area contributed by atoms with E-state index in [-0.39, 0.29) is 43.4 Å². The third kappa shape index (κ3) is 6.80. The Morgan fingerprint density at radius 2 is 1.88 bits per heavy atom. The van der Waals surface area contributed by atoms with Crippen LogP contribution in [0.3, 0.4) is 0 Å². The summed E-state index contributed by atoms with van der Waals surface area (Å²) in [4.78, 5) is 64.1. The number of carboxylic acids is 1. The zero-order chi connectivity index (χ0) is 30.8. The highest BCUT2D eigenvalue weighted by atomic mass is 32.2. The van der Waals surface area contributed by atoms with Crippen LogP contribution in [0.1, 0.15) is 65.6 Å². The maximum atomic E-state index is 13.5. The number of nitrogens with one attached hydrogen (secondary N) is 3. The molecule has 0 spiro atoms. The summed E-state index contributed by atoms with van der Waals surface area (Å²) < 4.78 is 26.9. The van der Waals surface area contributed by atoms with Crippen LogP contribution in [-0.2, 0) is 40.4 Å². The number of rotatable bonds is 15. The van der Waals surface area contributed by atoms with Crippen LogP contribution in [0.5, 0.6) is 0 Å². The fraction of sp³-hybridized carbons (Fsp3) is 0.760. The van der Waals surface area contributed by atoms with Gasteiger partial charge in [-0.2, -0.15) is 9.52 Å². The van der Waals surface area contributed by atoms with E-state index >= 15 is 0 Å². The second-order valence-electron chi connectivity index (χ2n) is 11.8. The normalized spacial score (nSPS) is 23.0. The summed E-state index contributed by atoms with van der Waals surface area (Å²) in [6.07, 6.45) is 1.30. The van der Waals surface area contributed by atoms with E-state index in [9.17, 15) is 37.5 Å². The predicted octanol–water partition coefficient (Wildman–Crippen LogP) is -0.541. The van der Waals surface area contributed by atoms with Gasteiger partial charge in [0.05, 0.1) is 30.8 Å². The highest BCUT2D eigenvalue weighted by molar-refractivity contribution is 7.88. The lowest BCUT2D eigenvalue weighted by molar-refractivity contribution is -0.142. The van der Waals surface area contributed by atoms with Gasteiger partial charge in [-0.25, -0.2) is 8.42 Å². The number of nitrogens with zero attached hydrogens (tertiary/aromatic N) is 4. The minimum absolute atomic E-state index is 0.0333. The van der Waals surface area contributed by atoms with E-state index in [4.69, 9.17) is 0 Å². The van der Waals surface area contributed by atoms with Crippen molar-refractivity contribution in [3.05, 3.63) is 5.82 Å². The molecule has 2 amide bonds. The number of Topliss-reactive ketones (excluding diaryl/α,β-unsaturated/α-hetero) is 2. The van der Waals surface area contributed by atoms with Gasteiger partial charge in [-0.15, -0.1) is 10.2 Å². The quantitative estimate of drug-likeness (QED) is 0.201. The topological polar surface area (TPSA) is 221 Å². The molecule has 0 radical (unpaired) electrons. The van der Waals surface area contributed by atoms with Gasteiger partial charge in [-0.1, -0.05) is 32.9 Å². The molecule has 0 aliphatic heterocycles. The van der Waals surface area contributed by atoms with E-state index in [0.717, 1.165) is 10.6 Å². The van der Waals surface area contributed by atoms with E-state index in [0.29, 0.717) is 18.7 Å². The predicted molar refractivity (Wildman–Crippen MR) is 143 cm³/mol. The number of hydrogen-bond acceptors (Lipinski definition) is 10. The fourth-order valence-electron chi connectivity index (χ4n) is 6.23. The van der Waals surface area contributed by atoms with Gasteiger partial charge in [0.15, 0.2) is 17.4 Å². The second-order valence-corrected chi connectivity index (χ2v) is 13.7. The molecule has 0 saturated heterocycles. The Labute approximate surface area is 238 Å². The standard InChI is InChI=1S/C25H39N7O8S/c1-14(2)16(11-21(35)26-9-7-20-28-30-31-29-20)23(38)27-17(12-22(36)37)18(33)13-32(41(5,39)40)25-8-6-15(10-19(25)34)24(25,3)4/h14-17H,6-13H2,1-5H3,(H,26,35)(H,27,38)(H,36,37)(H,28,29,30,31). The summed E-state index contributed by atoms with van der Waals surface area (Å²) in [5.74, 6) is -4.54. The van der Waals surface area contributed by atoms with Gasteiger partial charge in [0.2, 0.25) is 21.8 Å². The number of carbonyl (C=O) groups excluding carboxylic acids is 4. The molecule has 4 atom stereocenters. The van der Waals surface area contributed by atoms with Crippen molar-refractivity contribution in [1.29, 1.82) is 0 Å². The number of fused-ring (bicyclic) bond motifs is 2. The van der Waals surface area contributed by atoms with E-state index in [1.807, 2.05) is 13.8 Å². The maximum absolute atomic E-state index is 13.5. The largest absolute Gasteiger partial charge is 0.481 e. The molecule has 2 saturated carbocycles. The summed E-state index contributed by atoms with van der Waals surface area (Å²) in [7, 11) is -4.09. The molecule has 228 valence electrons. The molecule has 2 bridgehead atoms. The number of aromatic nitrogens is 4. The smallest absolute Gasteiger partial charge is 0.305 e. The average Bonchev–Trinajstić information content (AvgIpc) is 3.50. The van der Waals surface area contributed by atoms with Crippen LogP contribution in [0.25, 0.3) is 0 Å². The minimum atomic E-state index is -4.09. The first kappa shape index (κ1) is 32.2. The lowest BCUT2D eigenvalue weighted by atomic mass is 9.75. The first-order chi connectivity index (χ1) is 19.0. The zero-order valence-corrected chi connectivity index (χ0v) is 24.8. The minimum Gasteiger partial charge on any atom is -0.481 e. The first-order valence-corrected chi connectivity index (χ1v) is 15.4. The maximum Gasteiger partial charge on any atom is 0.305 e. The number of ketones is 2. The monoisotopic (exact) mass is 597 g/mol. The lowest BCUT2D eigenvalue weighted by Gasteiger charge is -2.44. The Morgan fingerprint density at radius 3 is 2.37 bits per heavy atom. The third-order valence-electron chi connectivity index (χ3n) is 8.65. The molecule has 1 heterocycles. The molecule has 4 unspecified atom stereocenters. The molecular formula is C25H39N7O8S. The molecule has 1 aromatic heterocycles. The van der Waals surface area contributed by atoms with Gasteiger partial charge in [-0.3, -0.25) is 24.0 Å².